The molecule has 3 aromatic heterocycles. The molecule has 12 aromatic rings. The van der Waals surface area contributed by atoms with Crippen molar-refractivity contribution in [1.82, 2.24) is 15.0 Å². The van der Waals surface area contributed by atoms with Gasteiger partial charge in [-0.2, -0.15) is 0 Å². The minimum absolute atomic E-state index is 0.674. The third-order valence-electron chi connectivity index (χ3n) is 11.9. The molecule has 0 amide bonds. The molecular weight excluding hydrogens is 759 g/mol. The maximum absolute atomic E-state index is 5.72. The predicted octanol–water partition coefficient (Wildman–Crippen LogP) is 15.7. The number of thiophene rings is 1. The van der Waals surface area contributed by atoms with Crippen LogP contribution < -0.4 is 0 Å². The Labute approximate surface area is 356 Å². The van der Waals surface area contributed by atoms with Crippen LogP contribution in [0, 0.1) is 0 Å². The van der Waals surface area contributed by atoms with Crippen LogP contribution in [-0.2, 0) is 0 Å². The first-order valence-corrected chi connectivity index (χ1v) is 21.4. The molecule has 3 heterocycles. The van der Waals surface area contributed by atoms with Crippen LogP contribution in [0.25, 0.3) is 120 Å². The first-order chi connectivity index (χ1) is 30.2. The molecule has 0 fully saturated rings. The number of fused-ring (bicyclic) bond motifs is 8. The highest BCUT2D eigenvalue weighted by Gasteiger charge is 2.21. The third kappa shape index (κ3) is 6.07. The average Bonchev–Trinajstić information content (AvgIpc) is 3.74. The van der Waals surface area contributed by atoms with Crippen LogP contribution in [-0.4, -0.2) is 15.0 Å². The number of hydrogen-bond donors (Lipinski definition) is 0. The zero-order chi connectivity index (χ0) is 40.3. The van der Waals surface area contributed by atoms with E-state index in [1.807, 2.05) is 23.5 Å². The molecule has 0 N–H and O–H groups in total. The molecule has 0 unspecified atom stereocenters. The third-order valence-corrected chi connectivity index (χ3v) is 13.1. The fraction of sp³-hybridized carbons (Fsp3) is 0. The largest absolute Gasteiger partial charge is 0.246 e. The van der Waals surface area contributed by atoms with Crippen molar-refractivity contribution >= 4 is 64.0 Å². The van der Waals surface area contributed by atoms with E-state index in [0.717, 1.165) is 61.4 Å². The van der Waals surface area contributed by atoms with E-state index in [0.29, 0.717) is 5.82 Å². The summed E-state index contributed by atoms with van der Waals surface area (Å²) in [5, 5.41) is 8.54. The fourth-order valence-electron chi connectivity index (χ4n) is 8.94. The second-order valence-electron chi connectivity index (χ2n) is 15.5. The first kappa shape index (κ1) is 35.2. The number of aromatic nitrogens is 3. The van der Waals surface area contributed by atoms with E-state index in [4.69, 9.17) is 15.0 Å². The highest BCUT2D eigenvalue weighted by atomic mass is 32.1. The zero-order valence-corrected chi connectivity index (χ0v) is 33.8. The van der Waals surface area contributed by atoms with Gasteiger partial charge in [0, 0.05) is 48.7 Å². The maximum Gasteiger partial charge on any atom is 0.160 e. The van der Waals surface area contributed by atoms with Gasteiger partial charge in [0.1, 0.15) is 0 Å². The van der Waals surface area contributed by atoms with Crippen LogP contribution in [0.3, 0.4) is 0 Å². The lowest BCUT2D eigenvalue weighted by atomic mass is 9.93. The summed E-state index contributed by atoms with van der Waals surface area (Å²) in [6, 6.07) is 75.4. The quantitative estimate of drug-likeness (QED) is 0.157. The zero-order valence-electron chi connectivity index (χ0n) is 33.0. The van der Waals surface area contributed by atoms with Crippen LogP contribution in [0.2, 0.25) is 0 Å². The molecule has 61 heavy (non-hydrogen) atoms. The van der Waals surface area contributed by atoms with Crippen molar-refractivity contribution in [2.24, 2.45) is 0 Å². The second kappa shape index (κ2) is 14.5. The summed E-state index contributed by atoms with van der Waals surface area (Å²) in [5.41, 5.74) is 12.4. The maximum atomic E-state index is 5.72. The van der Waals surface area contributed by atoms with Gasteiger partial charge < -0.3 is 0 Å². The number of rotatable bonds is 6. The first-order valence-electron chi connectivity index (χ1n) is 20.6. The van der Waals surface area contributed by atoms with Crippen molar-refractivity contribution in [2.75, 3.05) is 0 Å². The van der Waals surface area contributed by atoms with Crippen molar-refractivity contribution < 1.29 is 0 Å². The van der Waals surface area contributed by atoms with E-state index in [-0.39, 0.29) is 0 Å². The summed E-state index contributed by atoms with van der Waals surface area (Å²) in [4.78, 5) is 16.2. The van der Waals surface area contributed by atoms with Crippen LogP contribution in [0.5, 0.6) is 0 Å². The van der Waals surface area contributed by atoms with Gasteiger partial charge in [-0.15, -0.1) is 11.3 Å². The fourth-order valence-corrected chi connectivity index (χ4v) is 10.2. The summed E-state index contributed by atoms with van der Waals surface area (Å²) >= 11 is 1.83. The minimum Gasteiger partial charge on any atom is -0.246 e. The summed E-state index contributed by atoms with van der Waals surface area (Å²) in [6.45, 7) is 0. The molecule has 284 valence electrons. The topological polar surface area (TPSA) is 38.7 Å². The molecule has 12 rings (SSSR count). The molecular formula is C57H35N3S. The number of para-hydroxylation sites is 1. The van der Waals surface area contributed by atoms with Gasteiger partial charge in [-0.05, 0) is 62.5 Å². The highest BCUT2D eigenvalue weighted by Crippen LogP contribution is 2.47. The molecule has 0 aliphatic carbocycles. The Balaban J connectivity index is 1.06. The Morgan fingerprint density at radius 2 is 0.885 bits per heavy atom. The van der Waals surface area contributed by atoms with E-state index in [1.165, 1.54) is 52.8 Å². The molecule has 0 aliphatic heterocycles. The normalized spacial score (nSPS) is 11.6. The van der Waals surface area contributed by atoms with Gasteiger partial charge >= 0.3 is 0 Å². The molecule has 0 radical (unpaired) electrons. The lowest BCUT2D eigenvalue weighted by Gasteiger charge is -2.15. The standard InChI is InChI=1S/C57H35N3S/c1-3-15-36(16-4-1)37-29-31-39(32-30-37)51-35-50(38-17-5-2-6-18-38)58-57(59-51)42-21-13-20-40(33-42)44-26-14-27-48-53-47-25-11-12-28-52(47)61-56(53)55(60-54(44)48)49-34-41-19-7-8-22-43(41)45-23-9-10-24-46(45)49/h1-35H. The minimum atomic E-state index is 0.674. The molecule has 0 bridgehead atoms. The van der Waals surface area contributed by atoms with E-state index in [9.17, 15) is 0 Å². The van der Waals surface area contributed by atoms with Crippen molar-refractivity contribution in [3.05, 3.63) is 212 Å². The Kier molecular flexibility index (Phi) is 8.36. The summed E-state index contributed by atoms with van der Waals surface area (Å²) < 4.78 is 2.46. The molecule has 0 spiro atoms. The van der Waals surface area contributed by atoms with Crippen molar-refractivity contribution in [1.29, 1.82) is 0 Å². The van der Waals surface area contributed by atoms with Crippen LogP contribution in [0.1, 0.15) is 0 Å². The predicted molar refractivity (Wildman–Crippen MR) is 258 cm³/mol. The van der Waals surface area contributed by atoms with Gasteiger partial charge in [-0.3, -0.25) is 0 Å². The SMILES string of the molecule is c1ccc(-c2ccc(-c3cc(-c4ccccc4)nc(-c4cccc(-c5cccc6c5nc(-c5cc7ccccc7c7ccccc57)c5sc7ccccc7c56)c4)n3)cc2)cc1. The number of benzene rings is 9. The molecule has 0 saturated heterocycles. The van der Waals surface area contributed by atoms with Gasteiger partial charge in [0.05, 0.1) is 27.3 Å². The molecule has 0 saturated carbocycles. The lowest BCUT2D eigenvalue weighted by Crippen LogP contribution is -1.96. The summed E-state index contributed by atoms with van der Waals surface area (Å²) in [5.74, 6) is 0.674. The monoisotopic (exact) mass is 793 g/mol. The van der Waals surface area contributed by atoms with E-state index < -0.39 is 0 Å². The van der Waals surface area contributed by atoms with E-state index in [1.54, 1.807) is 0 Å². The lowest BCUT2D eigenvalue weighted by molar-refractivity contribution is 1.18. The summed E-state index contributed by atoms with van der Waals surface area (Å²) in [6.07, 6.45) is 0. The van der Waals surface area contributed by atoms with Crippen molar-refractivity contribution in [2.45, 2.75) is 0 Å². The van der Waals surface area contributed by atoms with E-state index in [2.05, 4.69) is 200 Å². The van der Waals surface area contributed by atoms with Gasteiger partial charge in [0.2, 0.25) is 0 Å². The van der Waals surface area contributed by atoms with Crippen LogP contribution in [0.15, 0.2) is 212 Å². The van der Waals surface area contributed by atoms with Gasteiger partial charge in [0.15, 0.2) is 5.82 Å². The molecule has 3 nitrogen and oxygen atoms in total. The van der Waals surface area contributed by atoms with Gasteiger partial charge in [-0.1, -0.05) is 188 Å². The molecule has 9 aromatic carbocycles. The summed E-state index contributed by atoms with van der Waals surface area (Å²) in [7, 11) is 0. The molecule has 0 atom stereocenters. The second-order valence-corrected chi connectivity index (χ2v) is 16.6. The van der Waals surface area contributed by atoms with Gasteiger partial charge in [0.25, 0.3) is 0 Å². The Bertz CT molecular complexity index is 3630. The number of pyridine rings is 1. The molecule has 0 aliphatic rings. The Morgan fingerprint density at radius 1 is 0.328 bits per heavy atom. The Morgan fingerprint density at radius 3 is 1.67 bits per heavy atom. The smallest absolute Gasteiger partial charge is 0.160 e. The van der Waals surface area contributed by atoms with Gasteiger partial charge in [-0.25, -0.2) is 15.0 Å². The van der Waals surface area contributed by atoms with E-state index >= 15 is 0 Å². The van der Waals surface area contributed by atoms with Crippen LogP contribution in [0.4, 0.5) is 0 Å². The molecule has 4 heteroatoms. The number of hydrogen-bond acceptors (Lipinski definition) is 4. The van der Waals surface area contributed by atoms with Crippen molar-refractivity contribution in [3.8, 4) is 67.4 Å². The highest BCUT2D eigenvalue weighted by molar-refractivity contribution is 7.26. The van der Waals surface area contributed by atoms with Crippen molar-refractivity contribution in [3.63, 3.8) is 0 Å². The van der Waals surface area contributed by atoms with Crippen LogP contribution >= 0.6 is 11.3 Å². The Hall–Kier alpha value is -7.79. The number of nitrogens with zero attached hydrogens (tertiary/aromatic N) is 3. The average molecular weight is 794 g/mol.